The molecule has 0 saturated heterocycles. The molecule has 0 aromatic heterocycles. The third kappa shape index (κ3) is 18.2. The van der Waals surface area contributed by atoms with E-state index < -0.39 is 5.97 Å². The monoisotopic (exact) mass is 301 g/mol. The Morgan fingerprint density at radius 3 is 1.82 bits per heavy atom. The number of carboxylic acid groups (broad SMARTS) is 1. The number of allylic oxidation sites excluding steroid dienone is 9. The minimum atomic E-state index is -1.18. The van der Waals surface area contributed by atoms with Crippen molar-refractivity contribution in [3.8, 4) is 0 Å². The molecule has 0 saturated carbocycles. The van der Waals surface area contributed by atoms with E-state index in [4.69, 9.17) is 0 Å². The van der Waals surface area contributed by atoms with E-state index in [0.717, 1.165) is 12.5 Å². The van der Waals surface area contributed by atoms with Crippen LogP contribution in [0.15, 0.2) is 60.8 Å². The first-order valence-corrected chi connectivity index (χ1v) is 8.31. The zero-order valence-electron chi connectivity index (χ0n) is 13.7. The van der Waals surface area contributed by atoms with Gasteiger partial charge in [0.1, 0.15) is 0 Å². The molecule has 0 atom stereocenters. The molecule has 0 radical (unpaired) electrons. The fraction of sp³-hybridized carbons (Fsp3) is 0.450. The quantitative estimate of drug-likeness (QED) is 0.282. The van der Waals surface area contributed by atoms with Gasteiger partial charge in [0.25, 0.3) is 0 Å². The highest BCUT2D eigenvalue weighted by atomic mass is 16.4. The Morgan fingerprint density at radius 2 is 1.23 bits per heavy atom. The second-order valence-corrected chi connectivity index (χ2v) is 5.17. The van der Waals surface area contributed by atoms with Crippen LogP contribution in [0.3, 0.4) is 0 Å². The van der Waals surface area contributed by atoms with E-state index in [9.17, 15) is 9.90 Å². The molecule has 22 heavy (non-hydrogen) atoms. The SMILES string of the molecule is CCCCCCCCC/C=C/C=C/C=C/C=C\C=C\C(=O)[O-]. The maximum atomic E-state index is 10.1. The molecule has 122 valence electrons. The molecule has 2 heteroatoms. The molecule has 0 aliphatic carbocycles. The minimum absolute atomic E-state index is 0.993. The van der Waals surface area contributed by atoms with E-state index in [1.165, 1.54) is 51.0 Å². The molecule has 0 aliphatic heterocycles. The zero-order valence-corrected chi connectivity index (χ0v) is 13.7. The largest absolute Gasteiger partial charge is 0.545 e. The highest BCUT2D eigenvalue weighted by Crippen LogP contribution is 2.08. The average Bonchev–Trinajstić information content (AvgIpc) is 2.50. The lowest BCUT2D eigenvalue weighted by atomic mass is 10.1. The number of hydrogen-bond donors (Lipinski definition) is 0. The van der Waals surface area contributed by atoms with Crippen LogP contribution < -0.4 is 5.11 Å². The van der Waals surface area contributed by atoms with Crippen molar-refractivity contribution in [1.29, 1.82) is 0 Å². The van der Waals surface area contributed by atoms with Crippen LogP contribution in [-0.4, -0.2) is 5.97 Å². The summed E-state index contributed by atoms with van der Waals surface area (Å²) in [5.74, 6) is -1.18. The van der Waals surface area contributed by atoms with Crippen molar-refractivity contribution in [2.75, 3.05) is 0 Å². The van der Waals surface area contributed by atoms with E-state index in [0.29, 0.717) is 0 Å². The number of aliphatic carboxylic acids is 1. The van der Waals surface area contributed by atoms with Crippen LogP contribution in [0, 0.1) is 0 Å². The molecular formula is C20H29O2-. The predicted molar refractivity (Wildman–Crippen MR) is 93.3 cm³/mol. The van der Waals surface area contributed by atoms with Crippen LogP contribution in [-0.2, 0) is 4.79 Å². The van der Waals surface area contributed by atoms with Gasteiger partial charge in [0, 0.05) is 0 Å². The van der Waals surface area contributed by atoms with E-state index in [2.05, 4.69) is 19.1 Å². The summed E-state index contributed by atoms with van der Waals surface area (Å²) < 4.78 is 0. The maximum Gasteiger partial charge on any atom is 0.0642 e. The van der Waals surface area contributed by atoms with Gasteiger partial charge in [-0.1, -0.05) is 100 Å². The Kier molecular flexibility index (Phi) is 15.8. The average molecular weight is 301 g/mol. The molecule has 0 rings (SSSR count). The molecular weight excluding hydrogens is 272 g/mol. The van der Waals surface area contributed by atoms with E-state index >= 15 is 0 Å². The molecule has 0 aromatic carbocycles. The first-order chi connectivity index (χ1) is 10.8. The highest BCUT2D eigenvalue weighted by molar-refractivity contribution is 5.77. The normalized spacial score (nSPS) is 12.8. The van der Waals surface area contributed by atoms with Crippen molar-refractivity contribution in [2.45, 2.75) is 58.3 Å². The summed E-state index contributed by atoms with van der Waals surface area (Å²) in [6.45, 7) is 2.25. The van der Waals surface area contributed by atoms with Crippen LogP contribution >= 0.6 is 0 Å². The summed E-state index contributed by atoms with van der Waals surface area (Å²) in [5.41, 5.74) is 0. The fourth-order valence-electron chi connectivity index (χ4n) is 1.91. The highest BCUT2D eigenvalue weighted by Gasteiger charge is 1.88. The van der Waals surface area contributed by atoms with Gasteiger partial charge in [-0.05, 0) is 18.9 Å². The Hall–Kier alpha value is -1.83. The summed E-state index contributed by atoms with van der Waals surface area (Å²) in [6.07, 6.45) is 28.4. The lowest BCUT2D eigenvalue weighted by Gasteiger charge is -1.98. The molecule has 0 N–H and O–H groups in total. The molecule has 0 unspecified atom stereocenters. The smallest absolute Gasteiger partial charge is 0.0642 e. The van der Waals surface area contributed by atoms with Crippen molar-refractivity contribution >= 4 is 5.97 Å². The molecule has 2 nitrogen and oxygen atoms in total. The summed E-state index contributed by atoms with van der Waals surface area (Å²) in [6, 6.07) is 0. The topological polar surface area (TPSA) is 40.1 Å². The molecule has 0 bridgehead atoms. The van der Waals surface area contributed by atoms with Crippen molar-refractivity contribution in [2.24, 2.45) is 0 Å². The van der Waals surface area contributed by atoms with Gasteiger partial charge in [0.05, 0.1) is 5.97 Å². The first kappa shape index (κ1) is 20.2. The second kappa shape index (κ2) is 17.2. The lowest BCUT2D eigenvalue weighted by molar-refractivity contribution is -0.297. The van der Waals surface area contributed by atoms with Gasteiger partial charge in [0.2, 0.25) is 0 Å². The third-order valence-corrected chi connectivity index (χ3v) is 3.12. The lowest BCUT2D eigenvalue weighted by Crippen LogP contribution is -2.18. The predicted octanol–water partition coefficient (Wildman–Crippen LogP) is 4.66. The van der Waals surface area contributed by atoms with Gasteiger partial charge in [-0.15, -0.1) is 0 Å². The van der Waals surface area contributed by atoms with E-state index in [1.807, 2.05) is 24.3 Å². The zero-order chi connectivity index (χ0) is 16.3. The van der Waals surface area contributed by atoms with E-state index in [1.54, 1.807) is 12.2 Å². The Balaban J connectivity index is 3.50. The number of unbranched alkanes of at least 4 members (excludes halogenated alkanes) is 7. The van der Waals surface area contributed by atoms with Crippen molar-refractivity contribution in [3.05, 3.63) is 60.8 Å². The summed E-state index contributed by atoms with van der Waals surface area (Å²) in [7, 11) is 0. The molecule has 0 aromatic rings. The summed E-state index contributed by atoms with van der Waals surface area (Å²) in [5, 5.41) is 10.1. The van der Waals surface area contributed by atoms with Crippen LogP contribution in [0.4, 0.5) is 0 Å². The van der Waals surface area contributed by atoms with Gasteiger partial charge in [-0.25, -0.2) is 0 Å². The van der Waals surface area contributed by atoms with Crippen molar-refractivity contribution in [3.63, 3.8) is 0 Å². The Labute approximate surface area is 135 Å². The molecule has 0 fully saturated rings. The minimum Gasteiger partial charge on any atom is -0.545 e. The number of carboxylic acids is 1. The standard InChI is InChI=1S/C20H30O2/c1-2-3-4-5-6-7-8-9-10-11-12-13-14-15-16-17-18-19-20(21)22/h10-19H,2-9H2,1H3,(H,21,22)/p-1/b11-10+,13-12+,15-14+,17-16-,19-18+. The van der Waals surface area contributed by atoms with Gasteiger partial charge >= 0.3 is 0 Å². The Bertz CT molecular complexity index is 398. The van der Waals surface area contributed by atoms with Gasteiger partial charge < -0.3 is 9.90 Å². The van der Waals surface area contributed by atoms with Crippen molar-refractivity contribution in [1.82, 2.24) is 0 Å². The molecule has 0 aliphatic rings. The number of carbonyl (C=O) groups excluding carboxylic acids is 1. The molecule has 0 heterocycles. The molecule has 0 spiro atoms. The van der Waals surface area contributed by atoms with Crippen LogP contribution in [0.25, 0.3) is 0 Å². The third-order valence-electron chi connectivity index (χ3n) is 3.12. The number of rotatable bonds is 13. The summed E-state index contributed by atoms with van der Waals surface area (Å²) in [4.78, 5) is 10.1. The maximum absolute atomic E-state index is 10.1. The van der Waals surface area contributed by atoms with Crippen LogP contribution in [0.5, 0.6) is 0 Å². The van der Waals surface area contributed by atoms with Gasteiger partial charge in [0.15, 0.2) is 0 Å². The van der Waals surface area contributed by atoms with Gasteiger partial charge in [-0.2, -0.15) is 0 Å². The molecule has 0 amide bonds. The number of carbonyl (C=O) groups is 1. The number of hydrogen-bond acceptors (Lipinski definition) is 2. The van der Waals surface area contributed by atoms with E-state index in [-0.39, 0.29) is 0 Å². The van der Waals surface area contributed by atoms with Crippen LogP contribution in [0.1, 0.15) is 58.3 Å². The summed E-state index contributed by atoms with van der Waals surface area (Å²) >= 11 is 0. The Morgan fingerprint density at radius 1 is 0.727 bits per heavy atom. The first-order valence-electron chi connectivity index (χ1n) is 8.31. The van der Waals surface area contributed by atoms with Crippen molar-refractivity contribution < 1.29 is 9.90 Å². The van der Waals surface area contributed by atoms with Gasteiger partial charge in [-0.3, -0.25) is 0 Å². The fourth-order valence-corrected chi connectivity index (χ4v) is 1.91. The van der Waals surface area contributed by atoms with Crippen LogP contribution in [0.2, 0.25) is 0 Å². The second-order valence-electron chi connectivity index (χ2n) is 5.17.